The lowest BCUT2D eigenvalue weighted by Crippen LogP contribution is -2.00. The van der Waals surface area contributed by atoms with Gasteiger partial charge in [0.25, 0.3) is 0 Å². The van der Waals surface area contributed by atoms with Crippen molar-refractivity contribution in [2.45, 2.75) is 13.5 Å². The molecule has 0 radical (unpaired) electrons. The molecule has 0 aliphatic rings. The van der Waals surface area contributed by atoms with Gasteiger partial charge in [0, 0.05) is 11.5 Å². The molecule has 0 spiro atoms. The van der Waals surface area contributed by atoms with Gasteiger partial charge in [-0.3, -0.25) is 0 Å². The molecule has 1 rings (SSSR count). The maximum Gasteiger partial charge on any atom is 0.384 e. The van der Waals surface area contributed by atoms with Crippen LogP contribution in [0.4, 0.5) is 4.39 Å². The summed E-state index contributed by atoms with van der Waals surface area (Å²) in [5, 5.41) is 8.96. The minimum atomic E-state index is -0.643. The van der Waals surface area contributed by atoms with Crippen molar-refractivity contribution in [2.24, 2.45) is 0 Å². The number of halogens is 1. The Balaban J connectivity index is 2.92. The predicted molar refractivity (Wildman–Crippen MR) is 55.8 cm³/mol. The van der Waals surface area contributed by atoms with Crippen LogP contribution in [0.1, 0.15) is 18.1 Å². The van der Waals surface area contributed by atoms with E-state index in [0.717, 1.165) is 0 Å². The number of hydrogen-bond acceptors (Lipinski definition) is 3. The molecule has 3 nitrogen and oxygen atoms in total. The summed E-state index contributed by atoms with van der Waals surface area (Å²) in [4.78, 5) is 11.0. The van der Waals surface area contributed by atoms with Crippen molar-refractivity contribution in [3.05, 3.63) is 35.1 Å². The lowest BCUT2D eigenvalue weighted by Gasteiger charge is -1.99. The normalized spacial score (nSPS) is 9.19. The Kier molecular flexibility index (Phi) is 4.49. The SMILES string of the molecule is CCOC(=O)C#Cc1ccc(F)cc1CO. The van der Waals surface area contributed by atoms with Crippen LogP contribution in [-0.2, 0) is 16.1 Å². The van der Waals surface area contributed by atoms with Crippen molar-refractivity contribution < 1.29 is 19.0 Å². The number of esters is 1. The summed E-state index contributed by atoms with van der Waals surface area (Å²) in [6, 6.07) is 3.80. The van der Waals surface area contributed by atoms with Crippen molar-refractivity contribution in [1.82, 2.24) is 0 Å². The van der Waals surface area contributed by atoms with Crippen LogP contribution in [-0.4, -0.2) is 17.7 Å². The summed E-state index contributed by atoms with van der Waals surface area (Å²) in [5.41, 5.74) is 0.758. The van der Waals surface area contributed by atoms with Crippen LogP contribution in [0.3, 0.4) is 0 Å². The number of carbonyl (C=O) groups is 1. The van der Waals surface area contributed by atoms with E-state index in [2.05, 4.69) is 16.6 Å². The van der Waals surface area contributed by atoms with E-state index >= 15 is 0 Å². The molecular formula is C12H11FO3. The van der Waals surface area contributed by atoms with Crippen molar-refractivity contribution in [3.8, 4) is 11.8 Å². The highest BCUT2D eigenvalue weighted by Gasteiger charge is 2.01. The highest BCUT2D eigenvalue weighted by atomic mass is 19.1. The second kappa shape index (κ2) is 5.89. The van der Waals surface area contributed by atoms with Crippen molar-refractivity contribution in [1.29, 1.82) is 0 Å². The Hall–Kier alpha value is -1.86. The average Bonchev–Trinajstić information content (AvgIpc) is 2.27. The number of aliphatic hydroxyl groups is 1. The molecule has 1 aromatic rings. The average molecular weight is 222 g/mol. The van der Waals surface area contributed by atoms with Crippen LogP contribution in [0.2, 0.25) is 0 Å². The second-order valence-corrected chi connectivity index (χ2v) is 2.93. The summed E-state index contributed by atoms with van der Waals surface area (Å²) in [5.74, 6) is 3.68. The first kappa shape index (κ1) is 12.2. The van der Waals surface area contributed by atoms with Gasteiger partial charge in [0.2, 0.25) is 0 Å². The molecule has 1 aromatic carbocycles. The minimum absolute atomic E-state index is 0.254. The van der Waals surface area contributed by atoms with Crippen LogP contribution in [0.25, 0.3) is 0 Å². The zero-order chi connectivity index (χ0) is 12.0. The molecular weight excluding hydrogens is 211 g/mol. The fraction of sp³-hybridized carbons (Fsp3) is 0.250. The van der Waals surface area contributed by atoms with Gasteiger partial charge in [-0.2, -0.15) is 0 Å². The number of rotatable bonds is 2. The summed E-state index contributed by atoms with van der Waals surface area (Å²) in [7, 11) is 0. The van der Waals surface area contributed by atoms with Gasteiger partial charge in [-0.25, -0.2) is 9.18 Å². The van der Waals surface area contributed by atoms with E-state index in [4.69, 9.17) is 5.11 Å². The number of benzene rings is 1. The highest BCUT2D eigenvalue weighted by Crippen LogP contribution is 2.09. The van der Waals surface area contributed by atoms with E-state index in [1.807, 2.05) is 0 Å². The molecule has 16 heavy (non-hydrogen) atoms. The first-order valence-corrected chi connectivity index (χ1v) is 4.75. The van der Waals surface area contributed by atoms with E-state index in [1.165, 1.54) is 18.2 Å². The summed E-state index contributed by atoms with van der Waals surface area (Å²) in [6.07, 6.45) is 0. The standard InChI is InChI=1S/C12H11FO3/c1-2-16-12(15)6-4-9-3-5-11(13)7-10(9)8-14/h3,5,7,14H,2,8H2,1H3. The Labute approximate surface area is 92.9 Å². The van der Waals surface area contributed by atoms with Crippen LogP contribution >= 0.6 is 0 Å². The van der Waals surface area contributed by atoms with Gasteiger partial charge in [0.15, 0.2) is 0 Å². The third-order valence-electron chi connectivity index (χ3n) is 1.81. The van der Waals surface area contributed by atoms with E-state index in [9.17, 15) is 9.18 Å². The molecule has 0 aliphatic heterocycles. The van der Waals surface area contributed by atoms with Gasteiger partial charge in [0.05, 0.1) is 13.2 Å². The topological polar surface area (TPSA) is 46.5 Å². The molecule has 1 N–H and O–H groups in total. The third kappa shape index (κ3) is 3.37. The molecule has 0 heterocycles. The first-order valence-electron chi connectivity index (χ1n) is 4.75. The van der Waals surface area contributed by atoms with E-state index < -0.39 is 11.8 Å². The lowest BCUT2D eigenvalue weighted by atomic mass is 10.1. The summed E-state index contributed by atoms with van der Waals surface area (Å²) in [6.45, 7) is 1.60. The molecule has 0 bridgehead atoms. The quantitative estimate of drug-likeness (QED) is 0.604. The molecule has 84 valence electrons. The predicted octanol–water partition coefficient (Wildman–Crippen LogP) is 1.23. The minimum Gasteiger partial charge on any atom is -0.456 e. The van der Waals surface area contributed by atoms with Gasteiger partial charge in [-0.05, 0) is 30.7 Å². The molecule has 0 aromatic heterocycles. The summed E-state index contributed by atoms with van der Waals surface area (Å²) >= 11 is 0. The molecule has 0 saturated carbocycles. The second-order valence-electron chi connectivity index (χ2n) is 2.93. The van der Waals surface area contributed by atoms with Gasteiger partial charge in [-0.15, -0.1) is 0 Å². The van der Waals surface area contributed by atoms with Crippen LogP contribution < -0.4 is 0 Å². The van der Waals surface area contributed by atoms with Gasteiger partial charge < -0.3 is 9.84 Å². The molecule has 0 fully saturated rings. The molecule has 0 saturated heterocycles. The smallest absolute Gasteiger partial charge is 0.384 e. The molecule has 0 amide bonds. The Morgan fingerprint density at radius 1 is 1.56 bits per heavy atom. The fourth-order valence-electron chi connectivity index (χ4n) is 1.10. The van der Waals surface area contributed by atoms with Crippen LogP contribution in [0, 0.1) is 17.7 Å². The van der Waals surface area contributed by atoms with E-state index in [1.54, 1.807) is 6.92 Å². The summed E-state index contributed by atoms with van der Waals surface area (Å²) < 4.78 is 17.4. The molecule has 4 heteroatoms. The molecule has 0 atom stereocenters. The Bertz CT molecular complexity index is 443. The number of hydrogen-bond donors (Lipinski definition) is 1. The van der Waals surface area contributed by atoms with E-state index in [0.29, 0.717) is 11.1 Å². The third-order valence-corrected chi connectivity index (χ3v) is 1.81. The number of aliphatic hydroxyl groups excluding tert-OH is 1. The van der Waals surface area contributed by atoms with Crippen molar-refractivity contribution in [3.63, 3.8) is 0 Å². The van der Waals surface area contributed by atoms with Gasteiger partial charge in [0.1, 0.15) is 5.82 Å². The maximum atomic E-state index is 12.8. The zero-order valence-electron chi connectivity index (χ0n) is 8.79. The number of ether oxygens (including phenoxy) is 1. The van der Waals surface area contributed by atoms with Gasteiger partial charge in [-0.1, -0.05) is 5.92 Å². The van der Waals surface area contributed by atoms with Crippen molar-refractivity contribution in [2.75, 3.05) is 6.61 Å². The number of carbonyl (C=O) groups excluding carboxylic acids is 1. The van der Waals surface area contributed by atoms with E-state index in [-0.39, 0.29) is 13.2 Å². The van der Waals surface area contributed by atoms with Crippen LogP contribution in [0.5, 0.6) is 0 Å². The Morgan fingerprint density at radius 3 is 2.94 bits per heavy atom. The van der Waals surface area contributed by atoms with Crippen molar-refractivity contribution >= 4 is 5.97 Å². The Morgan fingerprint density at radius 2 is 2.31 bits per heavy atom. The van der Waals surface area contributed by atoms with Crippen LogP contribution in [0.15, 0.2) is 18.2 Å². The zero-order valence-corrected chi connectivity index (χ0v) is 8.79. The molecule has 0 unspecified atom stereocenters. The maximum absolute atomic E-state index is 12.8. The molecule has 0 aliphatic carbocycles. The largest absolute Gasteiger partial charge is 0.456 e. The highest BCUT2D eigenvalue weighted by molar-refractivity contribution is 5.89. The fourth-order valence-corrected chi connectivity index (χ4v) is 1.10. The monoisotopic (exact) mass is 222 g/mol. The van der Waals surface area contributed by atoms with Gasteiger partial charge >= 0.3 is 5.97 Å². The first-order chi connectivity index (χ1) is 7.67. The lowest BCUT2D eigenvalue weighted by molar-refractivity contribution is -0.136.